The topological polar surface area (TPSA) is 49.8 Å². The normalized spacial score (nSPS) is 10.1. The lowest BCUT2D eigenvalue weighted by atomic mass is 10.1. The highest BCUT2D eigenvalue weighted by Gasteiger charge is 2.12. The maximum Gasteiger partial charge on any atom is 0.134 e. The van der Waals surface area contributed by atoms with Gasteiger partial charge in [0, 0.05) is 10.4 Å². The molecule has 2 nitrogen and oxygen atoms in total. The number of halogens is 1. The molecule has 0 fully saturated rings. The predicted octanol–water partition coefficient (Wildman–Crippen LogP) is 3.32. The third-order valence-electron chi connectivity index (χ3n) is 2.32. The van der Waals surface area contributed by atoms with Crippen LogP contribution in [0.3, 0.4) is 0 Å². The van der Waals surface area contributed by atoms with E-state index in [0.717, 1.165) is 0 Å². The average Bonchev–Trinajstić information content (AvgIpc) is 2.63. The molecule has 80 valence electrons. The molecule has 0 bridgehead atoms. The lowest BCUT2D eigenvalue weighted by Crippen LogP contribution is -1.85. The standard InChI is InChI=1S/C12H9FN2S/c1-7-3-2-4-8(12(7)13)10-5-9(15)11(6-14)16-10/h2-5H,15H2,1H3. The second-order valence-electron chi connectivity index (χ2n) is 3.44. The number of hydrogen-bond acceptors (Lipinski definition) is 3. The van der Waals surface area contributed by atoms with Crippen LogP contribution in [0.4, 0.5) is 10.1 Å². The Morgan fingerprint density at radius 3 is 2.81 bits per heavy atom. The smallest absolute Gasteiger partial charge is 0.134 e. The van der Waals surface area contributed by atoms with E-state index in [9.17, 15) is 4.39 Å². The van der Waals surface area contributed by atoms with Gasteiger partial charge < -0.3 is 5.73 Å². The maximum atomic E-state index is 13.8. The van der Waals surface area contributed by atoms with Crippen LogP contribution < -0.4 is 5.73 Å². The second kappa shape index (κ2) is 3.95. The molecule has 2 N–H and O–H groups in total. The molecular weight excluding hydrogens is 223 g/mol. The third-order valence-corrected chi connectivity index (χ3v) is 3.41. The Kier molecular flexibility index (Phi) is 2.63. The van der Waals surface area contributed by atoms with E-state index in [1.807, 2.05) is 6.07 Å². The van der Waals surface area contributed by atoms with Gasteiger partial charge in [-0.2, -0.15) is 5.26 Å². The zero-order valence-corrected chi connectivity index (χ0v) is 9.44. The Balaban J connectivity index is 2.60. The maximum absolute atomic E-state index is 13.8. The largest absolute Gasteiger partial charge is 0.397 e. The highest BCUT2D eigenvalue weighted by Crippen LogP contribution is 2.34. The number of rotatable bonds is 1. The number of nitrogens with two attached hydrogens (primary N) is 1. The lowest BCUT2D eigenvalue weighted by molar-refractivity contribution is 0.622. The molecule has 2 rings (SSSR count). The molecule has 0 aliphatic heterocycles. The number of anilines is 1. The van der Waals surface area contributed by atoms with Crippen molar-refractivity contribution in [3.63, 3.8) is 0 Å². The van der Waals surface area contributed by atoms with E-state index in [-0.39, 0.29) is 5.82 Å². The molecule has 0 unspecified atom stereocenters. The molecule has 0 aliphatic carbocycles. The van der Waals surface area contributed by atoms with E-state index in [1.165, 1.54) is 11.3 Å². The summed E-state index contributed by atoms with van der Waals surface area (Å²) in [5.74, 6) is -0.256. The minimum absolute atomic E-state index is 0.256. The average molecular weight is 232 g/mol. The van der Waals surface area contributed by atoms with Crippen molar-refractivity contribution in [2.24, 2.45) is 0 Å². The first-order valence-electron chi connectivity index (χ1n) is 4.68. The van der Waals surface area contributed by atoms with E-state index in [4.69, 9.17) is 11.0 Å². The Labute approximate surface area is 96.8 Å². The van der Waals surface area contributed by atoms with Gasteiger partial charge in [-0.25, -0.2) is 4.39 Å². The van der Waals surface area contributed by atoms with Crippen LogP contribution in [0, 0.1) is 24.1 Å². The second-order valence-corrected chi connectivity index (χ2v) is 4.50. The molecule has 4 heteroatoms. The number of hydrogen-bond donors (Lipinski definition) is 1. The number of aryl methyl sites for hydroxylation is 1. The van der Waals surface area contributed by atoms with Crippen LogP contribution in [0.15, 0.2) is 24.3 Å². The van der Waals surface area contributed by atoms with Crippen molar-refractivity contribution in [2.75, 3.05) is 5.73 Å². The minimum atomic E-state index is -0.256. The Hall–Kier alpha value is -1.86. The molecule has 2 aromatic rings. The van der Waals surface area contributed by atoms with Crippen LogP contribution in [0.1, 0.15) is 10.4 Å². The zero-order chi connectivity index (χ0) is 11.7. The molecule has 0 saturated heterocycles. The van der Waals surface area contributed by atoms with Gasteiger partial charge in [0.25, 0.3) is 0 Å². The van der Waals surface area contributed by atoms with Crippen LogP contribution >= 0.6 is 11.3 Å². The fourth-order valence-corrected chi connectivity index (χ4v) is 2.36. The van der Waals surface area contributed by atoms with Gasteiger partial charge in [0.2, 0.25) is 0 Å². The summed E-state index contributed by atoms with van der Waals surface area (Å²) >= 11 is 1.21. The molecule has 0 radical (unpaired) electrons. The van der Waals surface area contributed by atoms with Gasteiger partial charge in [-0.05, 0) is 18.6 Å². The Morgan fingerprint density at radius 1 is 1.44 bits per heavy atom. The lowest BCUT2D eigenvalue weighted by Gasteiger charge is -2.01. The molecule has 1 heterocycles. The summed E-state index contributed by atoms with van der Waals surface area (Å²) in [5.41, 5.74) is 7.13. The summed E-state index contributed by atoms with van der Waals surface area (Å²) in [6, 6.07) is 8.82. The molecular formula is C12H9FN2S. The van der Waals surface area contributed by atoms with E-state index < -0.39 is 0 Å². The Bertz CT molecular complexity index is 581. The summed E-state index contributed by atoms with van der Waals surface area (Å²) in [6.45, 7) is 1.71. The van der Waals surface area contributed by atoms with Crippen molar-refractivity contribution in [2.45, 2.75) is 6.92 Å². The van der Waals surface area contributed by atoms with Crippen molar-refractivity contribution in [1.82, 2.24) is 0 Å². The minimum Gasteiger partial charge on any atom is -0.397 e. The molecule has 1 aromatic carbocycles. The summed E-state index contributed by atoms with van der Waals surface area (Å²) in [7, 11) is 0. The highest BCUT2D eigenvalue weighted by molar-refractivity contribution is 7.16. The van der Waals surface area contributed by atoms with Crippen LogP contribution in [0.5, 0.6) is 0 Å². The summed E-state index contributed by atoms with van der Waals surface area (Å²) < 4.78 is 13.8. The molecule has 16 heavy (non-hydrogen) atoms. The molecule has 0 amide bonds. The van der Waals surface area contributed by atoms with Crippen molar-refractivity contribution in [3.8, 4) is 16.5 Å². The van der Waals surface area contributed by atoms with Gasteiger partial charge in [-0.3, -0.25) is 0 Å². The quantitative estimate of drug-likeness (QED) is 0.820. The first kappa shape index (κ1) is 10.7. The number of thiophene rings is 1. The fourth-order valence-electron chi connectivity index (χ4n) is 1.46. The van der Waals surface area contributed by atoms with Gasteiger partial charge >= 0.3 is 0 Å². The summed E-state index contributed by atoms with van der Waals surface area (Å²) in [4.78, 5) is 1.12. The number of nitrogen functional groups attached to an aromatic ring is 1. The van der Waals surface area contributed by atoms with Crippen LogP contribution in [-0.4, -0.2) is 0 Å². The fraction of sp³-hybridized carbons (Fsp3) is 0.0833. The van der Waals surface area contributed by atoms with Crippen molar-refractivity contribution in [3.05, 3.63) is 40.5 Å². The van der Waals surface area contributed by atoms with Crippen molar-refractivity contribution < 1.29 is 4.39 Å². The molecule has 0 atom stereocenters. The van der Waals surface area contributed by atoms with Gasteiger partial charge in [-0.1, -0.05) is 18.2 Å². The Morgan fingerprint density at radius 2 is 2.19 bits per heavy atom. The number of nitrogens with zero attached hydrogens (tertiary/aromatic N) is 1. The third kappa shape index (κ3) is 1.66. The molecule has 0 aliphatic rings. The SMILES string of the molecule is Cc1cccc(-c2cc(N)c(C#N)s2)c1F. The summed E-state index contributed by atoms with van der Waals surface area (Å²) in [5, 5.41) is 8.79. The van der Waals surface area contributed by atoms with E-state index in [0.29, 0.717) is 26.6 Å². The van der Waals surface area contributed by atoms with E-state index in [1.54, 1.807) is 31.2 Å². The molecule has 0 saturated carbocycles. The first-order chi connectivity index (χ1) is 7.63. The van der Waals surface area contributed by atoms with Crippen LogP contribution in [0.25, 0.3) is 10.4 Å². The number of benzene rings is 1. The van der Waals surface area contributed by atoms with E-state index in [2.05, 4.69) is 0 Å². The van der Waals surface area contributed by atoms with Gasteiger partial charge in [0.05, 0.1) is 5.69 Å². The summed E-state index contributed by atoms with van der Waals surface area (Å²) in [6.07, 6.45) is 0. The van der Waals surface area contributed by atoms with Gasteiger partial charge in [-0.15, -0.1) is 11.3 Å². The highest BCUT2D eigenvalue weighted by atomic mass is 32.1. The van der Waals surface area contributed by atoms with Gasteiger partial charge in [0.1, 0.15) is 16.8 Å². The van der Waals surface area contributed by atoms with Gasteiger partial charge in [0.15, 0.2) is 0 Å². The number of nitriles is 1. The molecule has 1 aromatic heterocycles. The monoisotopic (exact) mass is 232 g/mol. The van der Waals surface area contributed by atoms with Crippen LogP contribution in [0.2, 0.25) is 0 Å². The van der Waals surface area contributed by atoms with Crippen molar-refractivity contribution >= 4 is 17.0 Å². The predicted molar refractivity (Wildman–Crippen MR) is 63.6 cm³/mol. The van der Waals surface area contributed by atoms with Crippen LogP contribution in [-0.2, 0) is 0 Å². The molecule has 0 spiro atoms. The first-order valence-corrected chi connectivity index (χ1v) is 5.50. The zero-order valence-electron chi connectivity index (χ0n) is 8.62. The van der Waals surface area contributed by atoms with Crippen molar-refractivity contribution in [1.29, 1.82) is 5.26 Å². The van der Waals surface area contributed by atoms with E-state index >= 15 is 0 Å².